The van der Waals surface area contributed by atoms with Crippen LogP contribution in [-0.4, -0.2) is 40.8 Å². The van der Waals surface area contributed by atoms with E-state index in [1.54, 1.807) is 6.92 Å². The fourth-order valence-corrected chi connectivity index (χ4v) is 1.62. The molecule has 0 saturated heterocycles. The molecule has 0 spiro atoms. The van der Waals surface area contributed by atoms with Crippen molar-refractivity contribution < 1.29 is 23.2 Å². The molecule has 0 saturated carbocycles. The van der Waals surface area contributed by atoms with Crippen LogP contribution in [0, 0.1) is 10.1 Å². The van der Waals surface area contributed by atoms with Crippen molar-refractivity contribution in [3.8, 4) is 0 Å². The Morgan fingerprint density at radius 2 is 2.00 bits per heavy atom. The Kier molecular flexibility index (Phi) is 6.10. The van der Waals surface area contributed by atoms with Crippen molar-refractivity contribution in [2.45, 2.75) is 38.9 Å². The van der Waals surface area contributed by atoms with E-state index in [0.29, 0.717) is 0 Å². The van der Waals surface area contributed by atoms with Crippen LogP contribution in [-0.2, 0) is 0 Å². The van der Waals surface area contributed by atoms with Crippen LogP contribution in [0.2, 0.25) is 0 Å². The number of aliphatic hydroxyl groups excluding tert-OH is 1. The number of alkyl halides is 3. The van der Waals surface area contributed by atoms with Gasteiger partial charge in [-0.1, -0.05) is 13.3 Å². The molecular formula is C10H17F3N2O3. The van der Waals surface area contributed by atoms with Crippen LogP contribution < -0.4 is 0 Å². The highest BCUT2D eigenvalue weighted by atomic mass is 19.4. The largest absolute Gasteiger partial charge is 0.408 e. The van der Waals surface area contributed by atoms with Gasteiger partial charge in [0, 0.05) is 14.0 Å². The van der Waals surface area contributed by atoms with Gasteiger partial charge in [0.1, 0.15) is 11.7 Å². The first-order chi connectivity index (χ1) is 8.16. The molecule has 1 N–H and O–H groups in total. The van der Waals surface area contributed by atoms with Gasteiger partial charge in [-0.15, -0.1) is 0 Å². The van der Waals surface area contributed by atoms with Gasteiger partial charge < -0.3 is 10.0 Å². The van der Waals surface area contributed by atoms with Gasteiger partial charge in [-0.3, -0.25) is 10.1 Å². The topological polar surface area (TPSA) is 66.6 Å². The van der Waals surface area contributed by atoms with E-state index < -0.39 is 29.4 Å². The highest BCUT2D eigenvalue weighted by molar-refractivity contribution is 5.07. The summed E-state index contributed by atoms with van der Waals surface area (Å²) in [6, 6.07) is -1.83. The molecule has 5 nitrogen and oxygen atoms in total. The van der Waals surface area contributed by atoms with Crippen LogP contribution in [0.15, 0.2) is 11.4 Å². The molecule has 0 heterocycles. The summed E-state index contributed by atoms with van der Waals surface area (Å²) in [5.41, 5.74) is -0.805. The van der Waals surface area contributed by atoms with Gasteiger partial charge in [-0.2, -0.15) is 13.2 Å². The smallest absolute Gasteiger partial charge is 0.390 e. The third-order valence-electron chi connectivity index (χ3n) is 2.67. The fraction of sp³-hybridized carbons (Fsp3) is 0.800. The van der Waals surface area contributed by atoms with Gasteiger partial charge >= 0.3 is 6.18 Å². The number of allylic oxidation sites excluding steroid dienone is 1. The quantitative estimate of drug-likeness (QED) is 0.593. The summed E-state index contributed by atoms with van der Waals surface area (Å²) in [5, 5.41) is 19.6. The molecule has 106 valence electrons. The predicted molar refractivity (Wildman–Crippen MR) is 59.3 cm³/mol. The summed E-state index contributed by atoms with van der Waals surface area (Å²) in [5.74, 6) is 0. The maximum atomic E-state index is 12.8. The molecule has 1 atom stereocenters. The molecule has 18 heavy (non-hydrogen) atoms. The number of rotatable bonds is 6. The first-order valence-electron chi connectivity index (χ1n) is 5.41. The van der Waals surface area contributed by atoms with E-state index in [9.17, 15) is 23.3 Å². The molecular weight excluding hydrogens is 253 g/mol. The van der Waals surface area contributed by atoms with E-state index >= 15 is 0 Å². The Morgan fingerprint density at radius 1 is 1.50 bits per heavy atom. The fourth-order valence-electron chi connectivity index (χ4n) is 1.62. The number of aliphatic hydroxyl groups is 1. The minimum absolute atomic E-state index is 0.186. The predicted octanol–water partition coefficient (Wildman–Crippen LogP) is 2.15. The van der Waals surface area contributed by atoms with E-state index in [2.05, 4.69) is 0 Å². The van der Waals surface area contributed by atoms with Crippen LogP contribution in [0.5, 0.6) is 0 Å². The maximum absolute atomic E-state index is 12.8. The summed E-state index contributed by atoms with van der Waals surface area (Å²) in [7, 11) is 1.10. The van der Waals surface area contributed by atoms with Crippen LogP contribution in [0.25, 0.3) is 0 Å². The minimum atomic E-state index is -4.50. The van der Waals surface area contributed by atoms with E-state index in [-0.39, 0.29) is 18.5 Å². The average Bonchev–Trinajstić information content (AvgIpc) is 2.24. The van der Waals surface area contributed by atoms with Crippen LogP contribution in [0.3, 0.4) is 0 Å². The summed E-state index contributed by atoms with van der Waals surface area (Å²) in [4.78, 5) is 10.5. The zero-order valence-corrected chi connectivity index (χ0v) is 10.5. The lowest BCUT2D eigenvalue weighted by Crippen LogP contribution is -2.44. The Labute approximate surface area is 103 Å². The third kappa shape index (κ3) is 4.17. The summed E-state index contributed by atoms with van der Waals surface area (Å²) >= 11 is 0. The molecule has 8 heteroatoms. The van der Waals surface area contributed by atoms with Gasteiger partial charge in [-0.25, -0.2) is 0 Å². The number of nitro groups is 1. The molecule has 0 aromatic heterocycles. The van der Waals surface area contributed by atoms with E-state index in [1.807, 2.05) is 0 Å². The number of halogens is 3. The number of hydrogen-bond donors (Lipinski definition) is 1. The second-order valence-electron chi connectivity index (χ2n) is 3.90. The monoisotopic (exact) mass is 270 g/mol. The Morgan fingerprint density at radius 3 is 2.28 bits per heavy atom. The van der Waals surface area contributed by atoms with Gasteiger partial charge in [0.05, 0.1) is 11.5 Å². The van der Waals surface area contributed by atoms with Crippen LogP contribution >= 0.6 is 0 Å². The molecule has 0 rings (SSSR count). The number of nitrogens with zero attached hydrogens (tertiary/aromatic N) is 2. The summed E-state index contributed by atoms with van der Waals surface area (Å²) < 4.78 is 38.4. The number of likely N-dealkylation sites (N-methyl/N-ethyl adjacent to an activating group) is 1. The van der Waals surface area contributed by atoms with Crippen molar-refractivity contribution >= 4 is 0 Å². The van der Waals surface area contributed by atoms with Crippen molar-refractivity contribution in [3.05, 3.63) is 21.5 Å². The first-order valence-corrected chi connectivity index (χ1v) is 5.41. The zero-order chi connectivity index (χ0) is 14.5. The molecule has 0 aliphatic carbocycles. The van der Waals surface area contributed by atoms with E-state index in [0.717, 1.165) is 18.9 Å². The molecule has 1 unspecified atom stereocenters. The molecule has 0 bridgehead atoms. The lowest BCUT2D eigenvalue weighted by molar-refractivity contribution is -0.427. The van der Waals surface area contributed by atoms with Gasteiger partial charge in [0.2, 0.25) is 0 Å². The highest BCUT2D eigenvalue weighted by Crippen LogP contribution is 2.30. The third-order valence-corrected chi connectivity index (χ3v) is 2.67. The molecule has 0 radical (unpaired) electrons. The minimum Gasteiger partial charge on any atom is -0.390 e. The van der Waals surface area contributed by atoms with Crippen molar-refractivity contribution in [2.75, 3.05) is 13.7 Å². The van der Waals surface area contributed by atoms with Gasteiger partial charge in [0.15, 0.2) is 0 Å². The normalized spacial score (nSPS) is 15.1. The zero-order valence-electron chi connectivity index (χ0n) is 10.5. The van der Waals surface area contributed by atoms with Crippen LogP contribution in [0.1, 0.15) is 26.7 Å². The second kappa shape index (κ2) is 6.58. The van der Waals surface area contributed by atoms with E-state index in [4.69, 9.17) is 5.11 Å². The molecule has 0 fully saturated rings. The molecule has 0 aromatic rings. The van der Waals surface area contributed by atoms with Gasteiger partial charge in [0.25, 0.3) is 5.70 Å². The SMILES string of the molecule is CCCC(N(C)/C(CO)=C(\C)[N+](=O)[O-])C(F)(F)F. The molecule has 0 aliphatic heterocycles. The summed E-state index contributed by atoms with van der Waals surface area (Å²) in [6.45, 7) is 1.86. The molecule has 0 aliphatic rings. The van der Waals surface area contributed by atoms with Crippen LogP contribution in [0.4, 0.5) is 13.2 Å². The van der Waals surface area contributed by atoms with Gasteiger partial charge in [-0.05, 0) is 6.42 Å². The van der Waals surface area contributed by atoms with Crippen molar-refractivity contribution in [2.24, 2.45) is 0 Å². The van der Waals surface area contributed by atoms with Crippen molar-refractivity contribution in [3.63, 3.8) is 0 Å². The Bertz CT molecular complexity index is 329. The lowest BCUT2D eigenvalue weighted by atomic mass is 10.1. The Balaban J connectivity index is 5.35. The molecule has 0 aromatic carbocycles. The summed E-state index contributed by atoms with van der Waals surface area (Å²) in [6.07, 6.45) is -4.40. The molecule has 0 amide bonds. The number of hydrogen-bond acceptors (Lipinski definition) is 4. The standard InChI is InChI=1S/C10H17F3N2O3/c1-4-5-9(10(11,12)13)14(3)8(6-16)7(2)15(17)18/h9,16H,4-6H2,1-3H3/b8-7+. The van der Waals surface area contributed by atoms with Crippen molar-refractivity contribution in [1.29, 1.82) is 0 Å². The first kappa shape index (κ1) is 16.7. The second-order valence-corrected chi connectivity index (χ2v) is 3.90. The van der Waals surface area contributed by atoms with E-state index in [1.165, 1.54) is 0 Å². The average molecular weight is 270 g/mol. The lowest BCUT2D eigenvalue weighted by Gasteiger charge is -2.32. The maximum Gasteiger partial charge on any atom is 0.408 e. The Hall–Kier alpha value is -1.31. The van der Waals surface area contributed by atoms with Crippen molar-refractivity contribution in [1.82, 2.24) is 4.90 Å². The highest BCUT2D eigenvalue weighted by Gasteiger charge is 2.43.